The molecule has 1 aliphatic rings. The van der Waals surface area contributed by atoms with Crippen LogP contribution in [0.4, 0.5) is 4.79 Å². The summed E-state index contributed by atoms with van der Waals surface area (Å²) in [5.74, 6) is -1.44. The molecule has 0 aromatic heterocycles. The van der Waals surface area contributed by atoms with Gasteiger partial charge < -0.3 is 19.6 Å². The highest BCUT2D eigenvalue weighted by atomic mass is 16.5. The van der Waals surface area contributed by atoms with E-state index < -0.39 is 11.9 Å². The Kier molecular flexibility index (Phi) is 5.17. The maximum Gasteiger partial charge on any atom is 0.320 e. The maximum absolute atomic E-state index is 12.4. The van der Waals surface area contributed by atoms with Crippen molar-refractivity contribution in [1.82, 2.24) is 9.80 Å². The molecule has 1 fully saturated rings. The van der Waals surface area contributed by atoms with Crippen molar-refractivity contribution in [2.24, 2.45) is 5.92 Å². The van der Waals surface area contributed by atoms with Crippen LogP contribution in [0.1, 0.15) is 27.7 Å². The third-order valence-electron chi connectivity index (χ3n) is 3.26. The molecule has 0 aliphatic carbocycles. The Bertz CT molecular complexity index is 344. The summed E-state index contributed by atoms with van der Waals surface area (Å²) in [6.07, 6.45) is 0. The number of hydrogen-bond donors (Lipinski definition) is 1. The normalized spacial score (nSPS) is 19.9. The lowest BCUT2D eigenvalue weighted by Crippen LogP contribution is -2.55. The standard InChI is InChI=1S/C13H24N2O4/c1-5-14(8-10(2)11(16)17)12(18)15-6-7-19-13(3,4)9-15/h10H,5-9H2,1-4H3,(H,16,17). The number of carboxylic acids is 1. The van der Waals surface area contributed by atoms with Crippen molar-refractivity contribution >= 4 is 12.0 Å². The van der Waals surface area contributed by atoms with Crippen molar-refractivity contribution in [1.29, 1.82) is 0 Å². The fraction of sp³-hybridized carbons (Fsp3) is 0.846. The van der Waals surface area contributed by atoms with E-state index in [1.807, 2.05) is 20.8 Å². The Morgan fingerprint density at radius 2 is 2.11 bits per heavy atom. The van der Waals surface area contributed by atoms with E-state index in [-0.39, 0.29) is 18.2 Å². The molecular weight excluding hydrogens is 248 g/mol. The molecule has 2 amide bonds. The molecule has 1 saturated heterocycles. The molecule has 6 nitrogen and oxygen atoms in total. The monoisotopic (exact) mass is 272 g/mol. The van der Waals surface area contributed by atoms with Gasteiger partial charge in [0.15, 0.2) is 0 Å². The smallest absolute Gasteiger partial charge is 0.320 e. The fourth-order valence-corrected chi connectivity index (χ4v) is 2.13. The Morgan fingerprint density at radius 1 is 1.47 bits per heavy atom. The molecule has 0 bridgehead atoms. The van der Waals surface area contributed by atoms with Gasteiger partial charge >= 0.3 is 12.0 Å². The van der Waals surface area contributed by atoms with Crippen LogP contribution in [0.5, 0.6) is 0 Å². The summed E-state index contributed by atoms with van der Waals surface area (Å²) in [5, 5.41) is 8.93. The molecule has 1 rings (SSSR count). The Labute approximate surface area is 114 Å². The predicted molar refractivity (Wildman–Crippen MR) is 71.0 cm³/mol. The fourth-order valence-electron chi connectivity index (χ4n) is 2.13. The van der Waals surface area contributed by atoms with Gasteiger partial charge in [0.05, 0.1) is 24.7 Å². The van der Waals surface area contributed by atoms with Crippen LogP contribution in [-0.4, -0.2) is 65.3 Å². The third-order valence-corrected chi connectivity index (χ3v) is 3.26. The number of carboxylic acid groups (broad SMARTS) is 1. The molecule has 0 aromatic carbocycles. The van der Waals surface area contributed by atoms with Gasteiger partial charge in [0.1, 0.15) is 0 Å². The van der Waals surface area contributed by atoms with Crippen LogP contribution in [0.3, 0.4) is 0 Å². The average Bonchev–Trinajstić information content (AvgIpc) is 2.33. The average molecular weight is 272 g/mol. The van der Waals surface area contributed by atoms with Crippen molar-refractivity contribution in [2.45, 2.75) is 33.3 Å². The SMILES string of the molecule is CCN(CC(C)C(=O)O)C(=O)N1CCOC(C)(C)C1. The van der Waals surface area contributed by atoms with E-state index in [2.05, 4.69) is 0 Å². The lowest BCUT2D eigenvalue weighted by atomic mass is 10.1. The number of hydrogen-bond acceptors (Lipinski definition) is 3. The number of carbonyl (C=O) groups is 2. The summed E-state index contributed by atoms with van der Waals surface area (Å²) < 4.78 is 5.57. The first-order chi connectivity index (χ1) is 8.76. The highest BCUT2D eigenvalue weighted by molar-refractivity contribution is 5.76. The zero-order chi connectivity index (χ0) is 14.6. The molecule has 0 saturated carbocycles. The first kappa shape index (κ1) is 15.8. The molecule has 1 unspecified atom stereocenters. The molecule has 19 heavy (non-hydrogen) atoms. The highest BCUT2D eigenvalue weighted by Gasteiger charge is 2.32. The lowest BCUT2D eigenvalue weighted by Gasteiger charge is -2.40. The van der Waals surface area contributed by atoms with Crippen molar-refractivity contribution in [3.63, 3.8) is 0 Å². The summed E-state index contributed by atoms with van der Waals surface area (Å²) in [4.78, 5) is 26.6. The second-order valence-corrected chi connectivity index (χ2v) is 5.59. The topological polar surface area (TPSA) is 70.1 Å². The van der Waals surface area contributed by atoms with Crippen LogP contribution >= 0.6 is 0 Å². The second kappa shape index (κ2) is 6.23. The van der Waals surface area contributed by atoms with Crippen molar-refractivity contribution in [2.75, 3.05) is 32.8 Å². The van der Waals surface area contributed by atoms with Crippen LogP contribution in [0.15, 0.2) is 0 Å². The first-order valence-electron chi connectivity index (χ1n) is 6.67. The Morgan fingerprint density at radius 3 is 2.58 bits per heavy atom. The van der Waals surface area contributed by atoms with Crippen molar-refractivity contribution < 1.29 is 19.4 Å². The number of nitrogens with zero attached hydrogens (tertiary/aromatic N) is 2. The molecule has 0 spiro atoms. The number of urea groups is 1. The molecule has 1 atom stereocenters. The van der Waals surface area contributed by atoms with E-state index in [1.54, 1.807) is 16.7 Å². The number of rotatable bonds is 4. The summed E-state index contributed by atoms with van der Waals surface area (Å²) in [6, 6.07) is -0.105. The zero-order valence-electron chi connectivity index (χ0n) is 12.2. The summed E-state index contributed by atoms with van der Waals surface area (Å²) >= 11 is 0. The van der Waals surface area contributed by atoms with Crippen LogP contribution in [0.25, 0.3) is 0 Å². The number of carbonyl (C=O) groups excluding carboxylic acids is 1. The number of amides is 2. The minimum absolute atomic E-state index is 0.105. The quantitative estimate of drug-likeness (QED) is 0.836. The maximum atomic E-state index is 12.4. The third kappa shape index (κ3) is 4.38. The Hall–Kier alpha value is -1.30. The molecule has 0 aromatic rings. The van der Waals surface area contributed by atoms with Crippen LogP contribution in [-0.2, 0) is 9.53 Å². The highest BCUT2D eigenvalue weighted by Crippen LogP contribution is 2.18. The molecule has 1 N–H and O–H groups in total. The van der Waals surface area contributed by atoms with E-state index in [0.29, 0.717) is 26.2 Å². The van der Waals surface area contributed by atoms with Gasteiger partial charge in [-0.05, 0) is 20.8 Å². The van der Waals surface area contributed by atoms with E-state index in [9.17, 15) is 9.59 Å². The molecule has 110 valence electrons. The Balaban J connectivity index is 2.65. The minimum atomic E-state index is -0.881. The van der Waals surface area contributed by atoms with E-state index in [1.165, 1.54) is 0 Å². The van der Waals surface area contributed by atoms with E-state index in [4.69, 9.17) is 9.84 Å². The van der Waals surface area contributed by atoms with Gasteiger partial charge in [-0.15, -0.1) is 0 Å². The molecular formula is C13H24N2O4. The zero-order valence-corrected chi connectivity index (χ0v) is 12.2. The number of morpholine rings is 1. The second-order valence-electron chi connectivity index (χ2n) is 5.59. The van der Waals surface area contributed by atoms with Gasteiger partial charge in [0.2, 0.25) is 0 Å². The molecule has 0 radical (unpaired) electrons. The van der Waals surface area contributed by atoms with Gasteiger partial charge in [-0.1, -0.05) is 6.92 Å². The van der Waals surface area contributed by atoms with Crippen molar-refractivity contribution in [3.05, 3.63) is 0 Å². The number of aliphatic carboxylic acids is 1. The molecule has 1 aliphatic heterocycles. The summed E-state index contributed by atoms with van der Waals surface area (Å²) in [6.45, 7) is 9.72. The predicted octanol–water partition coefficient (Wildman–Crippen LogP) is 1.26. The van der Waals surface area contributed by atoms with Gasteiger partial charge in [-0.3, -0.25) is 4.79 Å². The van der Waals surface area contributed by atoms with Gasteiger partial charge in [0.25, 0.3) is 0 Å². The molecule has 6 heteroatoms. The van der Waals surface area contributed by atoms with E-state index >= 15 is 0 Å². The van der Waals surface area contributed by atoms with Crippen LogP contribution in [0.2, 0.25) is 0 Å². The van der Waals surface area contributed by atoms with Gasteiger partial charge in [-0.25, -0.2) is 4.79 Å². The van der Waals surface area contributed by atoms with Gasteiger partial charge in [-0.2, -0.15) is 0 Å². The van der Waals surface area contributed by atoms with E-state index in [0.717, 1.165) is 0 Å². The minimum Gasteiger partial charge on any atom is -0.481 e. The van der Waals surface area contributed by atoms with Crippen molar-refractivity contribution in [3.8, 4) is 0 Å². The largest absolute Gasteiger partial charge is 0.481 e. The number of ether oxygens (including phenoxy) is 1. The first-order valence-corrected chi connectivity index (χ1v) is 6.67. The van der Waals surface area contributed by atoms with Crippen LogP contribution < -0.4 is 0 Å². The van der Waals surface area contributed by atoms with Crippen LogP contribution in [0, 0.1) is 5.92 Å². The molecule has 1 heterocycles. The lowest BCUT2D eigenvalue weighted by molar-refractivity contribution is -0.141. The summed E-state index contributed by atoms with van der Waals surface area (Å²) in [5.41, 5.74) is -0.342. The summed E-state index contributed by atoms with van der Waals surface area (Å²) in [7, 11) is 0. The van der Waals surface area contributed by atoms with Gasteiger partial charge in [0, 0.05) is 19.6 Å².